The summed E-state index contributed by atoms with van der Waals surface area (Å²) in [4.78, 5) is 14.8. The van der Waals surface area contributed by atoms with Gasteiger partial charge in [0.15, 0.2) is 13.5 Å². The Hall–Kier alpha value is -3.55. The Labute approximate surface area is 206 Å². The summed E-state index contributed by atoms with van der Waals surface area (Å²) in [6.45, 7) is 7.65. The molecule has 7 heteroatoms. The van der Waals surface area contributed by atoms with Crippen LogP contribution in [0, 0.1) is 0 Å². The van der Waals surface area contributed by atoms with E-state index >= 15 is 0 Å². The molecule has 0 unspecified atom stereocenters. The standard InChI is InChI=1S/C28H32N2O5/c1-28(2,3)21-8-5-19(6-9-21)20-7-11-23-26(15-20)34-17-30(27(23)31)22-10-12-25(24(29)16-22)35-18-33-14-13-32-4/h5-12,15-16H,13-14,17-18,29H2,1-4H3. The summed E-state index contributed by atoms with van der Waals surface area (Å²) < 4.78 is 21.8. The summed E-state index contributed by atoms with van der Waals surface area (Å²) in [5.74, 6) is 0.917. The van der Waals surface area contributed by atoms with Gasteiger partial charge < -0.3 is 24.7 Å². The highest BCUT2D eigenvalue weighted by Gasteiger charge is 2.27. The second-order valence-electron chi connectivity index (χ2n) is 9.43. The third kappa shape index (κ3) is 5.58. The zero-order valence-corrected chi connectivity index (χ0v) is 20.7. The lowest BCUT2D eigenvalue weighted by atomic mass is 9.86. The zero-order valence-electron chi connectivity index (χ0n) is 20.7. The van der Waals surface area contributed by atoms with E-state index in [0.29, 0.717) is 41.7 Å². The Balaban J connectivity index is 1.47. The lowest BCUT2D eigenvalue weighted by Crippen LogP contribution is -2.38. The number of ether oxygens (including phenoxy) is 4. The van der Waals surface area contributed by atoms with E-state index < -0.39 is 0 Å². The van der Waals surface area contributed by atoms with Crippen LogP contribution < -0.4 is 20.1 Å². The number of fused-ring (bicyclic) bond motifs is 1. The number of rotatable bonds is 8. The maximum Gasteiger partial charge on any atom is 0.264 e. The molecule has 1 amide bonds. The van der Waals surface area contributed by atoms with Gasteiger partial charge in [-0.25, -0.2) is 0 Å². The first kappa shape index (κ1) is 24.6. The third-order valence-corrected chi connectivity index (χ3v) is 5.93. The monoisotopic (exact) mass is 476 g/mol. The average Bonchev–Trinajstić information content (AvgIpc) is 2.84. The van der Waals surface area contributed by atoms with Crippen LogP contribution in [-0.4, -0.2) is 39.8 Å². The van der Waals surface area contributed by atoms with Gasteiger partial charge in [0.25, 0.3) is 5.91 Å². The van der Waals surface area contributed by atoms with Crippen molar-refractivity contribution in [2.75, 3.05) is 44.5 Å². The lowest BCUT2D eigenvalue weighted by Gasteiger charge is -2.29. The fourth-order valence-electron chi connectivity index (χ4n) is 3.83. The summed E-state index contributed by atoms with van der Waals surface area (Å²) >= 11 is 0. The summed E-state index contributed by atoms with van der Waals surface area (Å²) in [7, 11) is 1.61. The van der Waals surface area contributed by atoms with E-state index in [1.165, 1.54) is 5.56 Å². The van der Waals surface area contributed by atoms with E-state index in [4.69, 9.17) is 24.7 Å². The molecule has 0 aromatic heterocycles. The molecule has 0 atom stereocenters. The molecular weight excluding hydrogens is 444 g/mol. The van der Waals surface area contributed by atoms with Crippen LogP contribution in [0.5, 0.6) is 11.5 Å². The van der Waals surface area contributed by atoms with Crippen molar-refractivity contribution in [1.82, 2.24) is 0 Å². The third-order valence-electron chi connectivity index (χ3n) is 5.93. The molecule has 7 nitrogen and oxygen atoms in total. The highest BCUT2D eigenvalue weighted by Crippen LogP contribution is 2.35. The van der Waals surface area contributed by atoms with Gasteiger partial charge in [0.05, 0.1) is 24.5 Å². The van der Waals surface area contributed by atoms with Crippen molar-refractivity contribution in [2.24, 2.45) is 0 Å². The van der Waals surface area contributed by atoms with Crippen LogP contribution in [0.2, 0.25) is 0 Å². The van der Waals surface area contributed by atoms with Gasteiger partial charge in [-0.2, -0.15) is 0 Å². The second kappa shape index (κ2) is 10.4. The lowest BCUT2D eigenvalue weighted by molar-refractivity contribution is -0.00813. The van der Waals surface area contributed by atoms with E-state index in [1.807, 2.05) is 18.2 Å². The minimum Gasteiger partial charge on any atom is -0.472 e. The molecule has 184 valence electrons. The van der Waals surface area contributed by atoms with Gasteiger partial charge in [-0.05, 0) is 52.4 Å². The number of nitrogens with zero attached hydrogens (tertiary/aromatic N) is 1. The molecule has 1 aliphatic heterocycles. The Morgan fingerprint density at radius 3 is 2.40 bits per heavy atom. The van der Waals surface area contributed by atoms with Gasteiger partial charge >= 0.3 is 0 Å². The minimum absolute atomic E-state index is 0.0628. The van der Waals surface area contributed by atoms with Crippen LogP contribution in [0.3, 0.4) is 0 Å². The van der Waals surface area contributed by atoms with Crippen molar-refractivity contribution in [1.29, 1.82) is 0 Å². The number of anilines is 2. The molecule has 2 N–H and O–H groups in total. The Morgan fingerprint density at radius 1 is 0.971 bits per heavy atom. The summed E-state index contributed by atoms with van der Waals surface area (Å²) in [6, 6.07) is 19.4. The van der Waals surface area contributed by atoms with E-state index in [-0.39, 0.29) is 24.8 Å². The van der Waals surface area contributed by atoms with Crippen LogP contribution in [-0.2, 0) is 14.9 Å². The Kier molecular flexibility index (Phi) is 7.28. The van der Waals surface area contributed by atoms with Crippen LogP contribution in [0.4, 0.5) is 11.4 Å². The molecule has 35 heavy (non-hydrogen) atoms. The largest absolute Gasteiger partial charge is 0.472 e. The zero-order chi connectivity index (χ0) is 25.0. The second-order valence-corrected chi connectivity index (χ2v) is 9.43. The quantitative estimate of drug-likeness (QED) is 0.272. The Bertz CT molecular complexity index is 1180. The molecule has 3 aromatic rings. The van der Waals surface area contributed by atoms with Crippen LogP contribution in [0.25, 0.3) is 11.1 Å². The first-order chi connectivity index (χ1) is 16.8. The molecule has 0 radical (unpaired) electrons. The van der Waals surface area contributed by atoms with Gasteiger partial charge in [-0.3, -0.25) is 9.69 Å². The molecule has 1 heterocycles. The smallest absolute Gasteiger partial charge is 0.264 e. The number of nitrogen functional groups attached to an aromatic ring is 1. The SMILES string of the molecule is COCCOCOc1ccc(N2COc3cc(-c4ccc(C(C)(C)C)cc4)ccc3C2=O)cc1N. The maximum absolute atomic E-state index is 13.2. The molecular formula is C28H32N2O5. The summed E-state index contributed by atoms with van der Waals surface area (Å²) in [5, 5.41) is 0. The number of amides is 1. The molecule has 0 saturated carbocycles. The highest BCUT2D eigenvalue weighted by molar-refractivity contribution is 6.09. The van der Waals surface area contributed by atoms with Crippen molar-refractivity contribution in [3.8, 4) is 22.6 Å². The fraction of sp³-hybridized carbons (Fsp3) is 0.321. The topological polar surface area (TPSA) is 83.2 Å². The molecule has 0 saturated heterocycles. The van der Waals surface area contributed by atoms with Gasteiger partial charge in [0.2, 0.25) is 0 Å². The predicted molar refractivity (Wildman–Crippen MR) is 137 cm³/mol. The first-order valence-electron chi connectivity index (χ1n) is 11.6. The summed E-state index contributed by atoms with van der Waals surface area (Å²) in [5.41, 5.74) is 11.1. The number of carbonyl (C=O) groups is 1. The van der Waals surface area contributed by atoms with Gasteiger partial charge in [0, 0.05) is 12.8 Å². The number of hydrogen-bond acceptors (Lipinski definition) is 6. The number of hydrogen-bond donors (Lipinski definition) is 1. The fourth-order valence-corrected chi connectivity index (χ4v) is 3.83. The first-order valence-corrected chi connectivity index (χ1v) is 11.6. The van der Waals surface area contributed by atoms with Crippen molar-refractivity contribution >= 4 is 17.3 Å². The van der Waals surface area contributed by atoms with Crippen molar-refractivity contribution in [3.05, 3.63) is 71.8 Å². The van der Waals surface area contributed by atoms with Crippen molar-refractivity contribution in [3.63, 3.8) is 0 Å². The molecule has 0 bridgehead atoms. The molecule has 3 aromatic carbocycles. The number of carbonyl (C=O) groups excluding carboxylic acids is 1. The molecule has 0 spiro atoms. The van der Waals surface area contributed by atoms with Crippen LogP contribution >= 0.6 is 0 Å². The molecule has 4 rings (SSSR count). The molecule has 1 aliphatic rings. The van der Waals surface area contributed by atoms with Crippen molar-refractivity contribution < 1.29 is 23.7 Å². The number of methoxy groups -OCH3 is 1. The van der Waals surface area contributed by atoms with E-state index in [1.54, 1.807) is 30.2 Å². The molecule has 0 aliphatic carbocycles. The van der Waals surface area contributed by atoms with Crippen LogP contribution in [0.1, 0.15) is 36.7 Å². The van der Waals surface area contributed by atoms with Crippen molar-refractivity contribution in [2.45, 2.75) is 26.2 Å². The molecule has 0 fully saturated rings. The predicted octanol–water partition coefficient (Wildman–Crippen LogP) is 5.23. The van der Waals surface area contributed by atoms with Crippen LogP contribution in [0.15, 0.2) is 60.7 Å². The van der Waals surface area contributed by atoms with E-state index in [0.717, 1.165) is 11.1 Å². The maximum atomic E-state index is 13.2. The number of benzene rings is 3. The minimum atomic E-state index is -0.142. The van der Waals surface area contributed by atoms with E-state index in [2.05, 4.69) is 45.0 Å². The normalized spacial score (nSPS) is 13.4. The Morgan fingerprint density at radius 2 is 1.71 bits per heavy atom. The van der Waals surface area contributed by atoms with E-state index in [9.17, 15) is 4.79 Å². The van der Waals surface area contributed by atoms with Gasteiger partial charge in [-0.15, -0.1) is 0 Å². The highest BCUT2D eigenvalue weighted by atomic mass is 16.7. The average molecular weight is 477 g/mol. The summed E-state index contributed by atoms with van der Waals surface area (Å²) in [6.07, 6.45) is 0. The number of nitrogens with two attached hydrogens (primary N) is 1. The van der Waals surface area contributed by atoms with Gasteiger partial charge in [0.1, 0.15) is 11.5 Å². The van der Waals surface area contributed by atoms with Gasteiger partial charge in [-0.1, -0.05) is 51.1 Å².